The lowest BCUT2D eigenvalue weighted by atomic mass is 10.1. The second-order valence-electron chi connectivity index (χ2n) is 6.29. The predicted molar refractivity (Wildman–Crippen MR) is 104 cm³/mol. The second kappa shape index (κ2) is 8.02. The number of hydrogen-bond acceptors (Lipinski definition) is 3. The largest absolute Gasteiger partial charge is 0.345 e. The summed E-state index contributed by atoms with van der Waals surface area (Å²) < 4.78 is 28.9. The number of aromatic nitrogens is 3. The minimum atomic E-state index is -0.448. The molecule has 0 saturated heterocycles. The molecular formula is C22H16F2N4O. The molecule has 0 fully saturated rings. The molecule has 29 heavy (non-hydrogen) atoms. The molecule has 0 saturated carbocycles. The van der Waals surface area contributed by atoms with Gasteiger partial charge in [0.1, 0.15) is 17.3 Å². The van der Waals surface area contributed by atoms with Gasteiger partial charge in [-0.15, -0.1) is 0 Å². The average molecular weight is 390 g/mol. The third-order valence-corrected chi connectivity index (χ3v) is 4.32. The number of carbonyl (C=O) groups excluding carboxylic acids is 1. The van der Waals surface area contributed by atoms with Gasteiger partial charge in [0.05, 0.1) is 23.6 Å². The lowest BCUT2D eigenvalue weighted by molar-refractivity contribution is 0.0942. The monoisotopic (exact) mass is 390 g/mol. The summed E-state index contributed by atoms with van der Waals surface area (Å²) in [5.41, 5.74) is 1.95. The lowest BCUT2D eigenvalue weighted by Gasteiger charge is -2.08. The molecule has 0 atom stereocenters. The minimum absolute atomic E-state index is 0.200. The first-order chi connectivity index (χ1) is 14.1. The van der Waals surface area contributed by atoms with Crippen molar-refractivity contribution in [1.29, 1.82) is 0 Å². The number of rotatable bonds is 5. The first kappa shape index (κ1) is 18.5. The molecule has 1 N–H and O–H groups in total. The van der Waals surface area contributed by atoms with Gasteiger partial charge in [-0.1, -0.05) is 18.2 Å². The molecule has 0 bridgehead atoms. The van der Waals surface area contributed by atoms with Gasteiger partial charge in [0.2, 0.25) is 0 Å². The molecule has 0 aliphatic rings. The highest BCUT2D eigenvalue weighted by Crippen LogP contribution is 2.24. The Morgan fingerprint density at radius 1 is 0.966 bits per heavy atom. The van der Waals surface area contributed by atoms with E-state index < -0.39 is 17.5 Å². The van der Waals surface area contributed by atoms with Gasteiger partial charge >= 0.3 is 0 Å². The zero-order chi connectivity index (χ0) is 20.2. The van der Waals surface area contributed by atoms with E-state index in [4.69, 9.17) is 0 Å². The quantitative estimate of drug-likeness (QED) is 0.557. The molecule has 7 heteroatoms. The van der Waals surface area contributed by atoms with Gasteiger partial charge in [-0.3, -0.25) is 9.78 Å². The van der Waals surface area contributed by atoms with Gasteiger partial charge in [-0.25, -0.2) is 13.5 Å². The standard InChI is InChI=1S/C22H16F2N4O/c23-15-8-10-17(11-9-15)28-21(22(29)26-14-16-5-3-4-12-25-16)13-20(27-28)18-6-1-2-7-19(18)24/h1-13H,14H2,(H,26,29). The van der Waals surface area contributed by atoms with Crippen LogP contribution in [0.25, 0.3) is 16.9 Å². The molecule has 0 unspecified atom stereocenters. The molecule has 0 aliphatic heterocycles. The van der Waals surface area contributed by atoms with Crippen molar-refractivity contribution in [2.24, 2.45) is 0 Å². The van der Waals surface area contributed by atoms with Crippen molar-refractivity contribution in [3.8, 4) is 16.9 Å². The molecule has 1 amide bonds. The van der Waals surface area contributed by atoms with Gasteiger partial charge in [-0.05, 0) is 54.6 Å². The van der Waals surface area contributed by atoms with E-state index in [9.17, 15) is 13.6 Å². The van der Waals surface area contributed by atoms with Gasteiger partial charge in [-0.2, -0.15) is 5.10 Å². The second-order valence-corrected chi connectivity index (χ2v) is 6.29. The van der Waals surface area contributed by atoms with E-state index in [1.165, 1.54) is 41.1 Å². The fourth-order valence-corrected chi connectivity index (χ4v) is 2.89. The van der Waals surface area contributed by atoms with Crippen molar-refractivity contribution in [2.45, 2.75) is 6.54 Å². The first-order valence-corrected chi connectivity index (χ1v) is 8.91. The Bertz CT molecular complexity index is 1140. The van der Waals surface area contributed by atoms with E-state index >= 15 is 0 Å². The summed E-state index contributed by atoms with van der Waals surface area (Å²) in [6, 6.07) is 18.7. The highest BCUT2D eigenvalue weighted by Gasteiger charge is 2.19. The number of halogens is 2. The van der Waals surface area contributed by atoms with Gasteiger partial charge in [0, 0.05) is 11.8 Å². The van der Waals surface area contributed by atoms with Crippen molar-refractivity contribution in [1.82, 2.24) is 20.1 Å². The van der Waals surface area contributed by atoms with E-state index in [-0.39, 0.29) is 17.8 Å². The molecule has 2 aromatic heterocycles. The third kappa shape index (κ3) is 4.03. The molecule has 0 radical (unpaired) electrons. The number of pyridine rings is 1. The molecule has 144 valence electrons. The Hall–Kier alpha value is -3.87. The van der Waals surface area contributed by atoms with Crippen LogP contribution in [0, 0.1) is 11.6 Å². The number of nitrogens with one attached hydrogen (secondary N) is 1. The predicted octanol–water partition coefficient (Wildman–Crippen LogP) is 4.14. The SMILES string of the molecule is O=C(NCc1ccccn1)c1cc(-c2ccccc2F)nn1-c1ccc(F)cc1. The number of nitrogens with zero attached hydrogens (tertiary/aromatic N) is 3. The fourth-order valence-electron chi connectivity index (χ4n) is 2.89. The van der Waals surface area contributed by atoms with Crippen molar-refractivity contribution in [3.05, 3.63) is 102 Å². The first-order valence-electron chi connectivity index (χ1n) is 8.91. The van der Waals surface area contributed by atoms with Crippen LogP contribution in [0.3, 0.4) is 0 Å². The van der Waals surface area contributed by atoms with Crippen LogP contribution in [0.5, 0.6) is 0 Å². The Labute approximate surface area is 165 Å². The van der Waals surface area contributed by atoms with Crippen molar-refractivity contribution in [3.63, 3.8) is 0 Å². The van der Waals surface area contributed by atoms with Crippen LogP contribution in [-0.4, -0.2) is 20.7 Å². The van der Waals surface area contributed by atoms with Crippen LogP contribution in [0.4, 0.5) is 8.78 Å². The third-order valence-electron chi connectivity index (χ3n) is 4.32. The molecule has 2 heterocycles. The molecular weight excluding hydrogens is 374 g/mol. The van der Waals surface area contributed by atoms with Gasteiger partial charge in [0.15, 0.2) is 0 Å². The Balaban J connectivity index is 1.71. The zero-order valence-corrected chi connectivity index (χ0v) is 15.2. The Kier molecular flexibility index (Phi) is 5.11. The minimum Gasteiger partial charge on any atom is -0.345 e. The van der Waals surface area contributed by atoms with Crippen molar-refractivity contribution in [2.75, 3.05) is 0 Å². The van der Waals surface area contributed by atoms with Crippen LogP contribution in [-0.2, 0) is 6.54 Å². The topological polar surface area (TPSA) is 59.8 Å². The molecule has 0 spiro atoms. The van der Waals surface area contributed by atoms with Crippen LogP contribution >= 0.6 is 0 Å². The van der Waals surface area contributed by atoms with E-state index in [0.29, 0.717) is 17.1 Å². The highest BCUT2D eigenvalue weighted by atomic mass is 19.1. The highest BCUT2D eigenvalue weighted by molar-refractivity contribution is 5.94. The Morgan fingerprint density at radius 3 is 2.45 bits per heavy atom. The summed E-state index contributed by atoms with van der Waals surface area (Å²) in [7, 11) is 0. The normalized spacial score (nSPS) is 10.7. The molecule has 4 aromatic rings. The maximum absolute atomic E-state index is 14.2. The van der Waals surface area contributed by atoms with Crippen molar-refractivity contribution < 1.29 is 13.6 Å². The van der Waals surface area contributed by atoms with E-state index in [1.807, 2.05) is 6.07 Å². The number of benzene rings is 2. The molecule has 4 rings (SSSR count). The average Bonchev–Trinajstić information content (AvgIpc) is 3.19. The number of hydrogen-bond donors (Lipinski definition) is 1. The van der Waals surface area contributed by atoms with Gasteiger partial charge in [0.25, 0.3) is 5.91 Å². The maximum atomic E-state index is 14.2. The van der Waals surface area contributed by atoms with Crippen molar-refractivity contribution >= 4 is 5.91 Å². The summed E-state index contributed by atoms with van der Waals surface area (Å²) in [6.07, 6.45) is 1.64. The van der Waals surface area contributed by atoms with E-state index in [1.54, 1.807) is 36.5 Å². The lowest BCUT2D eigenvalue weighted by Crippen LogP contribution is -2.25. The molecule has 2 aromatic carbocycles. The molecule has 5 nitrogen and oxygen atoms in total. The summed E-state index contributed by atoms with van der Waals surface area (Å²) >= 11 is 0. The summed E-state index contributed by atoms with van der Waals surface area (Å²) in [5, 5.41) is 7.18. The smallest absolute Gasteiger partial charge is 0.270 e. The van der Waals surface area contributed by atoms with E-state index in [2.05, 4.69) is 15.4 Å². The number of amides is 1. The Morgan fingerprint density at radius 2 is 1.72 bits per heavy atom. The molecule has 0 aliphatic carbocycles. The van der Waals surface area contributed by atoms with Crippen LogP contribution < -0.4 is 5.32 Å². The summed E-state index contributed by atoms with van der Waals surface area (Å²) in [4.78, 5) is 17.0. The maximum Gasteiger partial charge on any atom is 0.270 e. The summed E-state index contributed by atoms with van der Waals surface area (Å²) in [6.45, 7) is 0.225. The zero-order valence-electron chi connectivity index (χ0n) is 15.2. The van der Waals surface area contributed by atoms with Crippen LogP contribution in [0.1, 0.15) is 16.2 Å². The van der Waals surface area contributed by atoms with Crippen LogP contribution in [0.2, 0.25) is 0 Å². The fraction of sp³-hybridized carbons (Fsp3) is 0.0455. The van der Waals surface area contributed by atoms with Gasteiger partial charge < -0.3 is 5.32 Å². The summed E-state index contributed by atoms with van der Waals surface area (Å²) in [5.74, 6) is -1.26. The number of carbonyl (C=O) groups is 1. The van der Waals surface area contributed by atoms with E-state index in [0.717, 1.165) is 0 Å². The van der Waals surface area contributed by atoms with Crippen LogP contribution in [0.15, 0.2) is 79.0 Å².